The molecule has 0 radical (unpaired) electrons. The third-order valence-electron chi connectivity index (χ3n) is 5.42. The largest absolute Gasteiger partial charge is 0.457 e. The van der Waals surface area contributed by atoms with E-state index < -0.39 is 0 Å². The lowest BCUT2D eigenvalue weighted by Gasteiger charge is -2.56. The second-order valence-corrected chi connectivity index (χ2v) is 10.1. The van der Waals surface area contributed by atoms with E-state index in [2.05, 4.69) is 58.7 Å². The van der Waals surface area contributed by atoms with Gasteiger partial charge < -0.3 is 4.74 Å². The van der Waals surface area contributed by atoms with Gasteiger partial charge in [-0.1, -0.05) is 51.8 Å². The van der Waals surface area contributed by atoms with Crippen LogP contribution in [0.15, 0.2) is 12.2 Å². The van der Waals surface area contributed by atoms with Gasteiger partial charge in [0.25, 0.3) is 0 Å². The van der Waals surface area contributed by atoms with Crippen LogP contribution in [0.4, 0.5) is 0 Å². The number of ether oxygens (including phenoxy) is 1. The second-order valence-electron chi connectivity index (χ2n) is 7.16. The van der Waals surface area contributed by atoms with Gasteiger partial charge in [-0.05, 0) is 43.1 Å². The number of carbonyl (C=O) groups is 1. The van der Waals surface area contributed by atoms with Gasteiger partial charge in [0.05, 0.1) is 9.70 Å². The molecule has 0 aromatic carbocycles. The average Bonchev–Trinajstić information content (AvgIpc) is 2.36. The fourth-order valence-corrected chi connectivity index (χ4v) is 5.28. The van der Waals surface area contributed by atoms with E-state index in [0.29, 0.717) is 0 Å². The van der Waals surface area contributed by atoms with Crippen LogP contribution in [-0.4, -0.2) is 26.6 Å². The fourth-order valence-electron chi connectivity index (χ4n) is 3.56. The fraction of sp³-hybridized carbons (Fsp3) is 0.812. The normalized spacial score (nSPS) is 45.6. The molecule has 120 valence electrons. The second kappa shape index (κ2) is 5.83. The highest BCUT2D eigenvalue weighted by molar-refractivity contribution is 9.09. The minimum atomic E-state index is -0.240. The molecule has 0 amide bonds. The lowest BCUT2D eigenvalue weighted by atomic mass is 9.53. The number of alkyl halides is 3. The molecule has 0 N–H and O–H groups in total. The Morgan fingerprint density at radius 2 is 1.90 bits per heavy atom. The van der Waals surface area contributed by atoms with E-state index in [1.54, 1.807) is 0 Å². The maximum absolute atomic E-state index is 11.3. The minimum Gasteiger partial charge on any atom is -0.457 e. The Hall–Kier alpha value is 0.460. The molecule has 0 heterocycles. The number of carbonyl (C=O) groups excluding carboxylic acids is 1. The van der Waals surface area contributed by atoms with Crippen LogP contribution in [0.1, 0.15) is 47.0 Å². The van der Waals surface area contributed by atoms with Crippen molar-refractivity contribution in [1.82, 2.24) is 0 Å². The molecule has 1 fully saturated rings. The molecule has 2 aliphatic carbocycles. The van der Waals surface area contributed by atoms with E-state index in [0.717, 1.165) is 19.3 Å². The Morgan fingerprint density at radius 3 is 2.43 bits per heavy atom. The highest BCUT2D eigenvalue weighted by atomic mass is 79.9. The summed E-state index contributed by atoms with van der Waals surface area (Å²) < 4.78 is 5.43. The summed E-state index contributed by atoms with van der Waals surface area (Å²) in [5.41, 5.74) is 0.0433. The molecule has 4 unspecified atom stereocenters. The molecule has 0 aromatic rings. The van der Waals surface area contributed by atoms with Crippen molar-refractivity contribution in [3.8, 4) is 0 Å². The molecular formula is C16H23Br2ClO2. The topological polar surface area (TPSA) is 26.3 Å². The Labute approximate surface area is 149 Å². The lowest BCUT2D eigenvalue weighted by Crippen LogP contribution is -2.55. The minimum absolute atomic E-state index is 0.0265. The SMILES string of the molecule is CC(=O)O[C@H]1C=CC2(CCC(C)(Cl)C(Br)C2)C(C)(C)C1Br. The first-order chi connectivity index (χ1) is 9.52. The molecule has 1 spiro atoms. The molecule has 0 aliphatic heterocycles. The predicted molar refractivity (Wildman–Crippen MR) is 94.4 cm³/mol. The molecule has 5 heteroatoms. The van der Waals surface area contributed by atoms with E-state index in [-0.39, 0.29) is 37.4 Å². The van der Waals surface area contributed by atoms with Crippen LogP contribution in [0.3, 0.4) is 0 Å². The van der Waals surface area contributed by atoms with Gasteiger partial charge in [0, 0.05) is 11.8 Å². The van der Waals surface area contributed by atoms with Crippen LogP contribution in [-0.2, 0) is 9.53 Å². The van der Waals surface area contributed by atoms with Gasteiger partial charge in [0.1, 0.15) is 6.10 Å². The average molecular weight is 443 g/mol. The van der Waals surface area contributed by atoms with E-state index in [4.69, 9.17) is 16.3 Å². The number of halogens is 3. The summed E-state index contributed by atoms with van der Waals surface area (Å²) in [5, 5.41) is 0. The van der Waals surface area contributed by atoms with Crippen molar-refractivity contribution >= 4 is 49.4 Å². The summed E-state index contributed by atoms with van der Waals surface area (Å²) in [4.78, 5) is 11.4. The Morgan fingerprint density at radius 1 is 1.29 bits per heavy atom. The Kier molecular flexibility index (Phi) is 4.94. The van der Waals surface area contributed by atoms with Gasteiger partial charge in [-0.15, -0.1) is 11.6 Å². The van der Waals surface area contributed by atoms with Crippen LogP contribution in [0.2, 0.25) is 0 Å². The van der Waals surface area contributed by atoms with Gasteiger partial charge in [-0.3, -0.25) is 4.79 Å². The van der Waals surface area contributed by atoms with Crippen molar-refractivity contribution in [2.24, 2.45) is 10.8 Å². The summed E-state index contributed by atoms with van der Waals surface area (Å²) in [6, 6.07) is 0. The highest BCUT2D eigenvalue weighted by Gasteiger charge is 2.56. The molecule has 2 aliphatic rings. The van der Waals surface area contributed by atoms with Crippen LogP contribution >= 0.6 is 43.5 Å². The molecule has 0 aromatic heterocycles. The van der Waals surface area contributed by atoms with E-state index in [1.807, 2.05) is 6.08 Å². The van der Waals surface area contributed by atoms with Gasteiger partial charge >= 0.3 is 5.97 Å². The first-order valence-electron chi connectivity index (χ1n) is 7.35. The zero-order valence-electron chi connectivity index (χ0n) is 13.0. The van der Waals surface area contributed by atoms with Gasteiger partial charge in [0.2, 0.25) is 0 Å². The van der Waals surface area contributed by atoms with Crippen molar-refractivity contribution in [1.29, 1.82) is 0 Å². The summed E-state index contributed by atoms with van der Waals surface area (Å²) in [7, 11) is 0. The maximum Gasteiger partial charge on any atom is 0.303 e. The van der Waals surface area contributed by atoms with Gasteiger partial charge in [0.15, 0.2) is 0 Å². The first-order valence-corrected chi connectivity index (χ1v) is 9.56. The Bertz CT molecular complexity index is 461. The zero-order valence-corrected chi connectivity index (χ0v) is 16.9. The number of esters is 1. The van der Waals surface area contributed by atoms with E-state index in [1.165, 1.54) is 6.92 Å². The Balaban J connectivity index is 2.31. The summed E-state index contributed by atoms with van der Waals surface area (Å²) in [6.45, 7) is 8.07. The van der Waals surface area contributed by atoms with Crippen LogP contribution in [0.25, 0.3) is 0 Å². The third kappa shape index (κ3) is 3.10. The van der Waals surface area contributed by atoms with Crippen LogP contribution in [0, 0.1) is 10.8 Å². The highest BCUT2D eigenvalue weighted by Crippen LogP contribution is 2.60. The molecule has 21 heavy (non-hydrogen) atoms. The summed E-state index contributed by atoms with van der Waals surface area (Å²) >= 11 is 14.2. The zero-order chi connectivity index (χ0) is 16.1. The molecule has 5 atom stereocenters. The van der Waals surface area contributed by atoms with Gasteiger partial charge in [-0.25, -0.2) is 0 Å². The van der Waals surface area contributed by atoms with Crippen molar-refractivity contribution in [2.75, 3.05) is 0 Å². The number of allylic oxidation sites excluding steroid dienone is 1. The van der Waals surface area contributed by atoms with Crippen molar-refractivity contribution < 1.29 is 9.53 Å². The van der Waals surface area contributed by atoms with E-state index >= 15 is 0 Å². The van der Waals surface area contributed by atoms with E-state index in [9.17, 15) is 4.79 Å². The van der Waals surface area contributed by atoms with Crippen molar-refractivity contribution in [3.63, 3.8) is 0 Å². The lowest BCUT2D eigenvalue weighted by molar-refractivity contribution is -0.146. The van der Waals surface area contributed by atoms with Crippen molar-refractivity contribution in [2.45, 2.75) is 67.6 Å². The quantitative estimate of drug-likeness (QED) is 0.317. The monoisotopic (exact) mass is 440 g/mol. The first kappa shape index (κ1) is 17.8. The molecule has 0 saturated heterocycles. The summed E-state index contributed by atoms with van der Waals surface area (Å²) in [5.74, 6) is -0.240. The number of rotatable bonds is 1. The predicted octanol–water partition coefficient (Wildman–Crippen LogP) is 5.21. The van der Waals surface area contributed by atoms with Crippen LogP contribution < -0.4 is 0 Å². The third-order valence-corrected chi connectivity index (χ3v) is 9.14. The van der Waals surface area contributed by atoms with Gasteiger partial charge in [-0.2, -0.15) is 0 Å². The molecule has 2 rings (SSSR count). The maximum atomic E-state index is 11.3. The number of hydrogen-bond donors (Lipinski definition) is 0. The van der Waals surface area contributed by atoms with Crippen molar-refractivity contribution in [3.05, 3.63) is 12.2 Å². The molecular weight excluding hydrogens is 419 g/mol. The number of hydrogen-bond acceptors (Lipinski definition) is 2. The standard InChI is InChI=1S/C16H23Br2ClO2/c1-10(20)21-11-5-6-16(14(2,3)13(11)18)8-7-15(4,19)12(17)9-16/h5-6,11-13H,7-9H2,1-4H3/t11-,12?,13?,15?,16?/m0/s1. The molecule has 0 bridgehead atoms. The molecule has 2 nitrogen and oxygen atoms in total. The van der Waals surface area contributed by atoms with Crippen LogP contribution in [0.5, 0.6) is 0 Å². The summed E-state index contributed by atoms with van der Waals surface area (Å²) in [6.07, 6.45) is 7.11. The molecule has 1 saturated carbocycles. The smallest absolute Gasteiger partial charge is 0.303 e.